The maximum absolute atomic E-state index is 9.33. The molecule has 0 fully saturated rings. The van der Waals surface area contributed by atoms with Crippen LogP contribution in [0.1, 0.15) is 13.8 Å². The van der Waals surface area contributed by atoms with E-state index in [0.29, 0.717) is 5.65 Å². The van der Waals surface area contributed by atoms with Gasteiger partial charge >= 0.3 is 0 Å². The zero-order chi connectivity index (χ0) is 11.8. The number of anilines is 1. The second kappa shape index (κ2) is 3.67. The summed E-state index contributed by atoms with van der Waals surface area (Å²) in [6.07, 6.45) is 3.25. The lowest BCUT2D eigenvalue weighted by Gasteiger charge is -2.35. The minimum atomic E-state index is -0.401. The average molecular weight is 222 g/mol. The number of aromatic nitrogens is 5. The Morgan fingerprint density at radius 3 is 2.88 bits per heavy atom. The van der Waals surface area contributed by atoms with Crippen molar-refractivity contribution < 1.29 is 5.11 Å². The molecule has 0 radical (unpaired) electrons. The van der Waals surface area contributed by atoms with Crippen LogP contribution in [0.25, 0.3) is 5.65 Å². The predicted octanol–water partition coefficient (Wildman–Crippen LogP) is -0.274. The third-order valence-electron chi connectivity index (χ3n) is 2.73. The molecule has 0 atom stereocenters. The Kier molecular flexibility index (Phi) is 2.47. The lowest BCUT2D eigenvalue weighted by atomic mass is 10.1. The fourth-order valence-corrected chi connectivity index (χ4v) is 1.31. The number of hydrogen-bond acceptors (Lipinski definition) is 6. The Hall–Kier alpha value is -1.76. The van der Waals surface area contributed by atoms with Gasteiger partial charge in [-0.25, -0.2) is 0 Å². The zero-order valence-electron chi connectivity index (χ0n) is 9.49. The smallest absolute Gasteiger partial charge is 0.199 e. The number of aliphatic hydroxyl groups is 1. The van der Waals surface area contributed by atoms with Gasteiger partial charge in [-0.2, -0.15) is 4.52 Å². The lowest BCUT2D eigenvalue weighted by Crippen LogP contribution is -2.45. The summed E-state index contributed by atoms with van der Waals surface area (Å²) < 4.78 is 1.59. The molecule has 0 aliphatic carbocycles. The standard InChI is InChI=1S/C9H14N6O/c1-9(2,6-16)14(3)8-5-10-4-7-11-12-13-15(7)8/h4-5,16H,6H2,1-3H3. The number of aliphatic hydroxyl groups excluding tert-OH is 1. The van der Waals surface area contributed by atoms with Crippen molar-refractivity contribution in [2.24, 2.45) is 0 Å². The lowest BCUT2D eigenvalue weighted by molar-refractivity contribution is 0.215. The van der Waals surface area contributed by atoms with Crippen molar-refractivity contribution >= 4 is 11.5 Å². The molecule has 16 heavy (non-hydrogen) atoms. The third-order valence-corrected chi connectivity index (χ3v) is 2.73. The summed E-state index contributed by atoms with van der Waals surface area (Å²) in [5, 5.41) is 20.6. The molecule has 0 unspecified atom stereocenters. The van der Waals surface area contributed by atoms with E-state index in [1.807, 2.05) is 25.8 Å². The largest absolute Gasteiger partial charge is 0.394 e. The van der Waals surface area contributed by atoms with E-state index >= 15 is 0 Å². The minimum absolute atomic E-state index is 0.0298. The molecule has 2 rings (SSSR count). The van der Waals surface area contributed by atoms with Crippen LogP contribution in [0.2, 0.25) is 0 Å². The van der Waals surface area contributed by atoms with Crippen molar-refractivity contribution in [3.63, 3.8) is 0 Å². The summed E-state index contributed by atoms with van der Waals surface area (Å²) in [6.45, 7) is 3.88. The molecule has 2 aromatic heterocycles. The number of hydrogen-bond donors (Lipinski definition) is 1. The van der Waals surface area contributed by atoms with Crippen LogP contribution >= 0.6 is 0 Å². The molecule has 7 nitrogen and oxygen atoms in total. The van der Waals surface area contributed by atoms with Gasteiger partial charge in [0.05, 0.1) is 24.5 Å². The average Bonchev–Trinajstić information content (AvgIpc) is 2.75. The molecular weight excluding hydrogens is 208 g/mol. The fourth-order valence-electron chi connectivity index (χ4n) is 1.31. The number of fused-ring (bicyclic) bond motifs is 1. The monoisotopic (exact) mass is 222 g/mol. The molecule has 0 bridgehead atoms. The molecule has 0 amide bonds. The van der Waals surface area contributed by atoms with Crippen LogP contribution in [0.3, 0.4) is 0 Å². The van der Waals surface area contributed by atoms with Crippen molar-refractivity contribution in [1.82, 2.24) is 25.0 Å². The van der Waals surface area contributed by atoms with Gasteiger partial charge in [0.15, 0.2) is 11.5 Å². The van der Waals surface area contributed by atoms with Crippen molar-refractivity contribution in [3.8, 4) is 0 Å². The minimum Gasteiger partial charge on any atom is -0.394 e. The van der Waals surface area contributed by atoms with E-state index in [4.69, 9.17) is 0 Å². The Labute approximate surface area is 92.7 Å². The number of likely N-dealkylation sites (N-methyl/N-ethyl adjacent to an activating group) is 1. The Bertz CT molecular complexity index is 493. The molecule has 2 heterocycles. The highest BCUT2D eigenvalue weighted by Crippen LogP contribution is 2.20. The Morgan fingerprint density at radius 1 is 1.44 bits per heavy atom. The van der Waals surface area contributed by atoms with Gasteiger partial charge in [-0.15, -0.1) is 5.10 Å². The van der Waals surface area contributed by atoms with Gasteiger partial charge in [-0.05, 0) is 24.3 Å². The number of nitrogens with zero attached hydrogens (tertiary/aromatic N) is 6. The van der Waals surface area contributed by atoms with E-state index in [1.165, 1.54) is 0 Å². The molecule has 0 aliphatic rings. The van der Waals surface area contributed by atoms with Gasteiger partial charge in [0, 0.05) is 7.05 Å². The Balaban J connectivity index is 2.51. The first-order valence-corrected chi connectivity index (χ1v) is 4.93. The van der Waals surface area contributed by atoms with Crippen LogP contribution in [-0.2, 0) is 0 Å². The predicted molar refractivity (Wildman–Crippen MR) is 58.1 cm³/mol. The summed E-state index contributed by atoms with van der Waals surface area (Å²) in [4.78, 5) is 5.96. The molecule has 7 heteroatoms. The highest BCUT2D eigenvalue weighted by Gasteiger charge is 2.25. The van der Waals surface area contributed by atoms with E-state index in [0.717, 1.165) is 5.82 Å². The molecule has 0 saturated carbocycles. The molecule has 0 spiro atoms. The molecule has 1 N–H and O–H groups in total. The number of tetrazole rings is 1. The first-order chi connectivity index (χ1) is 7.56. The fraction of sp³-hybridized carbons (Fsp3) is 0.556. The first-order valence-electron chi connectivity index (χ1n) is 4.93. The highest BCUT2D eigenvalue weighted by atomic mass is 16.3. The van der Waals surface area contributed by atoms with E-state index < -0.39 is 5.54 Å². The molecule has 0 aliphatic heterocycles. The topological polar surface area (TPSA) is 79.4 Å². The van der Waals surface area contributed by atoms with Gasteiger partial charge in [-0.1, -0.05) is 0 Å². The van der Waals surface area contributed by atoms with Crippen molar-refractivity contribution in [2.45, 2.75) is 19.4 Å². The van der Waals surface area contributed by atoms with Crippen LogP contribution in [0.5, 0.6) is 0 Å². The SMILES string of the molecule is CN(c1cncc2nnnn12)C(C)(C)CO. The van der Waals surface area contributed by atoms with Gasteiger partial charge < -0.3 is 10.0 Å². The van der Waals surface area contributed by atoms with E-state index in [2.05, 4.69) is 20.5 Å². The van der Waals surface area contributed by atoms with Gasteiger partial charge in [0.2, 0.25) is 0 Å². The first kappa shape index (κ1) is 10.7. The molecular formula is C9H14N6O. The normalized spacial score (nSPS) is 12.0. The highest BCUT2D eigenvalue weighted by molar-refractivity contribution is 5.47. The van der Waals surface area contributed by atoms with Gasteiger partial charge in [-0.3, -0.25) is 4.98 Å². The molecule has 0 aromatic carbocycles. The second-order valence-corrected chi connectivity index (χ2v) is 4.24. The van der Waals surface area contributed by atoms with Gasteiger partial charge in [0.25, 0.3) is 0 Å². The quantitative estimate of drug-likeness (QED) is 0.769. The second-order valence-electron chi connectivity index (χ2n) is 4.24. The van der Waals surface area contributed by atoms with Crippen LogP contribution in [0.4, 0.5) is 5.82 Å². The van der Waals surface area contributed by atoms with Crippen LogP contribution < -0.4 is 4.90 Å². The third kappa shape index (κ3) is 1.58. The summed E-state index contributed by atoms with van der Waals surface area (Å²) in [7, 11) is 1.87. The van der Waals surface area contributed by atoms with E-state index in [-0.39, 0.29) is 6.61 Å². The molecule has 86 valence electrons. The van der Waals surface area contributed by atoms with Gasteiger partial charge in [0.1, 0.15) is 0 Å². The maximum atomic E-state index is 9.33. The maximum Gasteiger partial charge on any atom is 0.199 e. The van der Waals surface area contributed by atoms with Crippen LogP contribution in [-0.4, -0.2) is 49.3 Å². The van der Waals surface area contributed by atoms with E-state index in [1.54, 1.807) is 16.9 Å². The molecule has 2 aromatic rings. The summed E-state index contributed by atoms with van der Waals surface area (Å²) in [6, 6.07) is 0. The molecule has 0 saturated heterocycles. The summed E-state index contributed by atoms with van der Waals surface area (Å²) in [5.74, 6) is 0.738. The van der Waals surface area contributed by atoms with Crippen molar-refractivity contribution in [3.05, 3.63) is 12.4 Å². The van der Waals surface area contributed by atoms with Crippen molar-refractivity contribution in [1.29, 1.82) is 0 Å². The summed E-state index contributed by atoms with van der Waals surface area (Å²) >= 11 is 0. The number of rotatable bonds is 3. The van der Waals surface area contributed by atoms with Crippen LogP contribution in [0.15, 0.2) is 12.4 Å². The van der Waals surface area contributed by atoms with E-state index in [9.17, 15) is 5.11 Å². The zero-order valence-corrected chi connectivity index (χ0v) is 9.49. The summed E-state index contributed by atoms with van der Waals surface area (Å²) in [5.41, 5.74) is 0.181. The van der Waals surface area contributed by atoms with Crippen molar-refractivity contribution in [2.75, 3.05) is 18.6 Å². The van der Waals surface area contributed by atoms with Crippen LogP contribution in [0, 0.1) is 0 Å². The Morgan fingerprint density at radius 2 is 2.19 bits per heavy atom.